The summed E-state index contributed by atoms with van der Waals surface area (Å²) >= 11 is 0. The van der Waals surface area contributed by atoms with Gasteiger partial charge in [0, 0.05) is 26.3 Å². The number of aromatic nitrogens is 2. The average molecular weight is 277 g/mol. The molecule has 0 atom stereocenters. The minimum absolute atomic E-state index is 0.00783. The van der Waals surface area contributed by atoms with Crippen molar-refractivity contribution in [2.75, 3.05) is 31.2 Å². The first-order valence-electron chi connectivity index (χ1n) is 7.07. The summed E-state index contributed by atoms with van der Waals surface area (Å²) < 4.78 is 5.47. The Balaban J connectivity index is 1.74. The number of rotatable bonds is 2. The Morgan fingerprint density at radius 3 is 2.70 bits per heavy atom. The largest absolute Gasteiger partial charge is 0.476 e. The van der Waals surface area contributed by atoms with Crippen LogP contribution in [0.1, 0.15) is 36.2 Å². The van der Waals surface area contributed by atoms with E-state index in [9.17, 15) is 4.79 Å². The van der Waals surface area contributed by atoms with Crippen LogP contribution in [0.25, 0.3) is 0 Å². The Morgan fingerprint density at radius 1 is 1.25 bits per heavy atom. The number of hydrogen-bond donors (Lipinski definition) is 1. The summed E-state index contributed by atoms with van der Waals surface area (Å²) in [5.74, 6) is -0.260. The molecule has 6 nitrogen and oxygen atoms in total. The molecule has 2 aliphatic heterocycles. The maximum Gasteiger partial charge on any atom is 0.356 e. The van der Waals surface area contributed by atoms with E-state index in [2.05, 4.69) is 14.9 Å². The molecule has 20 heavy (non-hydrogen) atoms. The predicted octanol–water partition coefficient (Wildman–Crippen LogP) is 1.57. The molecular weight excluding hydrogens is 258 g/mol. The van der Waals surface area contributed by atoms with Crippen molar-refractivity contribution >= 4 is 11.8 Å². The molecule has 1 N–H and O–H groups in total. The zero-order chi connectivity index (χ0) is 14.0. The fourth-order valence-corrected chi connectivity index (χ4v) is 3.21. The summed E-state index contributed by atoms with van der Waals surface area (Å²) in [6.45, 7) is 3.62. The topological polar surface area (TPSA) is 75.5 Å². The maximum absolute atomic E-state index is 10.8. The van der Waals surface area contributed by atoms with E-state index < -0.39 is 5.97 Å². The summed E-state index contributed by atoms with van der Waals surface area (Å²) in [6, 6.07) is 0. The van der Waals surface area contributed by atoms with Gasteiger partial charge in [0.2, 0.25) is 0 Å². The lowest BCUT2D eigenvalue weighted by atomic mass is 9.74. The molecule has 1 aromatic rings. The highest BCUT2D eigenvalue weighted by molar-refractivity contribution is 5.84. The summed E-state index contributed by atoms with van der Waals surface area (Å²) in [5.41, 5.74) is 0.329. The van der Waals surface area contributed by atoms with Gasteiger partial charge in [-0.25, -0.2) is 14.8 Å². The minimum atomic E-state index is -1.04. The van der Waals surface area contributed by atoms with Gasteiger partial charge in [-0.15, -0.1) is 0 Å². The number of carboxylic acids is 1. The summed E-state index contributed by atoms with van der Waals surface area (Å²) in [6.07, 6.45) is 7.49. The van der Waals surface area contributed by atoms with Crippen molar-refractivity contribution < 1.29 is 14.6 Å². The Hall–Kier alpha value is -1.69. The van der Waals surface area contributed by atoms with Crippen molar-refractivity contribution in [2.45, 2.75) is 25.7 Å². The van der Waals surface area contributed by atoms with Gasteiger partial charge in [-0.05, 0) is 31.1 Å². The lowest BCUT2D eigenvalue weighted by Gasteiger charge is -2.45. The van der Waals surface area contributed by atoms with Gasteiger partial charge in [-0.1, -0.05) is 0 Å². The van der Waals surface area contributed by atoms with Gasteiger partial charge in [-0.2, -0.15) is 0 Å². The minimum Gasteiger partial charge on any atom is -0.476 e. The number of carbonyl (C=O) groups is 1. The zero-order valence-corrected chi connectivity index (χ0v) is 11.4. The highest BCUT2D eigenvalue weighted by Crippen LogP contribution is 2.39. The number of nitrogens with zero attached hydrogens (tertiary/aromatic N) is 3. The van der Waals surface area contributed by atoms with Crippen LogP contribution in [0.15, 0.2) is 12.4 Å². The highest BCUT2D eigenvalue weighted by Gasteiger charge is 2.37. The van der Waals surface area contributed by atoms with Crippen LogP contribution in [-0.2, 0) is 4.74 Å². The van der Waals surface area contributed by atoms with Gasteiger partial charge in [-0.3, -0.25) is 0 Å². The number of anilines is 1. The summed E-state index contributed by atoms with van der Waals surface area (Å²) in [4.78, 5) is 21.2. The molecule has 0 bridgehead atoms. The van der Waals surface area contributed by atoms with E-state index in [0.29, 0.717) is 5.41 Å². The molecule has 0 saturated carbocycles. The fraction of sp³-hybridized carbons (Fsp3) is 0.643. The molecule has 0 unspecified atom stereocenters. The zero-order valence-electron chi connectivity index (χ0n) is 11.4. The van der Waals surface area contributed by atoms with Crippen LogP contribution in [0.5, 0.6) is 0 Å². The molecule has 0 radical (unpaired) electrons. The Morgan fingerprint density at radius 2 is 2.05 bits per heavy atom. The first-order chi connectivity index (χ1) is 9.69. The standard InChI is InChI=1S/C14H19N3O3/c18-13(19)11-8-16-12(9-15-11)17-5-1-2-14(10-17)3-6-20-7-4-14/h8-9H,1-7,10H2,(H,18,19). The number of piperidine rings is 1. The van der Waals surface area contributed by atoms with Gasteiger partial charge in [0.05, 0.1) is 12.4 Å². The van der Waals surface area contributed by atoms with E-state index in [4.69, 9.17) is 9.84 Å². The third kappa shape index (κ3) is 2.60. The maximum atomic E-state index is 10.8. The monoisotopic (exact) mass is 277 g/mol. The Kier molecular flexibility index (Phi) is 3.56. The lowest BCUT2D eigenvalue weighted by molar-refractivity contribution is 0.00745. The van der Waals surface area contributed by atoms with Crippen LogP contribution >= 0.6 is 0 Å². The average Bonchev–Trinajstić information content (AvgIpc) is 2.48. The molecule has 0 aromatic carbocycles. The molecule has 2 aliphatic rings. The first kappa shape index (κ1) is 13.3. The molecule has 0 amide bonds. The molecule has 1 spiro atoms. The van der Waals surface area contributed by atoms with Crippen molar-refractivity contribution in [3.05, 3.63) is 18.1 Å². The number of hydrogen-bond acceptors (Lipinski definition) is 5. The molecule has 2 fully saturated rings. The van der Waals surface area contributed by atoms with E-state index in [0.717, 1.165) is 51.4 Å². The number of carboxylic acid groups (broad SMARTS) is 1. The fourth-order valence-electron chi connectivity index (χ4n) is 3.21. The van der Waals surface area contributed by atoms with E-state index in [-0.39, 0.29) is 5.69 Å². The van der Waals surface area contributed by atoms with Crippen molar-refractivity contribution in [1.82, 2.24) is 9.97 Å². The second-order valence-corrected chi connectivity index (χ2v) is 5.70. The van der Waals surface area contributed by atoms with Crippen LogP contribution < -0.4 is 4.90 Å². The number of ether oxygens (including phenoxy) is 1. The van der Waals surface area contributed by atoms with Gasteiger partial charge < -0.3 is 14.7 Å². The molecule has 3 rings (SSSR count). The molecular formula is C14H19N3O3. The molecule has 0 aliphatic carbocycles. The quantitative estimate of drug-likeness (QED) is 0.884. The van der Waals surface area contributed by atoms with Crippen molar-refractivity contribution in [1.29, 1.82) is 0 Å². The van der Waals surface area contributed by atoms with Gasteiger partial charge in [0.25, 0.3) is 0 Å². The van der Waals surface area contributed by atoms with Gasteiger partial charge >= 0.3 is 5.97 Å². The van der Waals surface area contributed by atoms with Crippen LogP contribution in [0.4, 0.5) is 5.82 Å². The second kappa shape index (κ2) is 5.36. The van der Waals surface area contributed by atoms with Crippen LogP contribution in [0.3, 0.4) is 0 Å². The number of aromatic carboxylic acids is 1. The van der Waals surface area contributed by atoms with Crippen LogP contribution in [0.2, 0.25) is 0 Å². The predicted molar refractivity (Wildman–Crippen MR) is 72.9 cm³/mol. The van der Waals surface area contributed by atoms with Crippen LogP contribution in [0, 0.1) is 5.41 Å². The summed E-state index contributed by atoms with van der Waals surface area (Å²) in [5, 5.41) is 8.85. The van der Waals surface area contributed by atoms with E-state index in [1.54, 1.807) is 6.20 Å². The molecule has 6 heteroatoms. The smallest absolute Gasteiger partial charge is 0.356 e. The third-order valence-corrected chi connectivity index (χ3v) is 4.40. The van der Waals surface area contributed by atoms with Crippen molar-refractivity contribution in [2.24, 2.45) is 5.41 Å². The highest BCUT2D eigenvalue weighted by atomic mass is 16.5. The Bertz CT molecular complexity index is 477. The van der Waals surface area contributed by atoms with E-state index in [1.807, 2.05) is 0 Å². The molecule has 1 aromatic heterocycles. The van der Waals surface area contributed by atoms with Gasteiger partial charge in [0.15, 0.2) is 5.69 Å². The second-order valence-electron chi connectivity index (χ2n) is 5.70. The van der Waals surface area contributed by atoms with E-state index in [1.165, 1.54) is 12.6 Å². The van der Waals surface area contributed by atoms with Gasteiger partial charge in [0.1, 0.15) is 5.82 Å². The summed E-state index contributed by atoms with van der Waals surface area (Å²) in [7, 11) is 0. The molecule has 2 saturated heterocycles. The normalized spacial score (nSPS) is 21.9. The lowest BCUT2D eigenvalue weighted by Crippen LogP contribution is -2.46. The SMILES string of the molecule is O=C(O)c1cnc(N2CCCC3(CCOCC3)C2)cn1. The Labute approximate surface area is 117 Å². The molecule has 3 heterocycles. The third-order valence-electron chi connectivity index (χ3n) is 4.40. The first-order valence-corrected chi connectivity index (χ1v) is 7.07. The van der Waals surface area contributed by atoms with Crippen molar-refractivity contribution in [3.63, 3.8) is 0 Å². The van der Waals surface area contributed by atoms with E-state index >= 15 is 0 Å². The van der Waals surface area contributed by atoms with Crippen molar-refractivity contribution in [3.8, 4) is 0 Å². The van der Waals surface area contributed by atoms with Crippen LogP contribution in [-0.4, -0.2) is 47.3 Å². The molecule has 108 valence electrons.